The molecule has 2 heterocycles. The first kappa shape index (κ1) is 20.0. The van der Waals surface area contributed by atoms with Gasteiger partial charge in [0.2, 0.25) is 5.91 Å². The van der Waals surface area contributed by atoms with Crippen LogP contribution in [0, 0.1) is 5.82 Å². The Morgan fingerprint density at radius 3 is 2.28 bits per heavy atom. The van der Waals surface area contributed by atoms with Crippen LogP contribution in [0.1, 0.15) is 37.7 Å². The Kier molecular flexibility index (Phi) is 5.97. The molecule has 2 aliphatic rings. The maximum absolute atomic E-state index is 13.2. The van der Waals surface area contributed by atoms with Crippen LogP contribution in [0.2, 0.25) is 0 Å². The van der Waals surface area contributed by atoms with Crippen LogP contribution in [-0.4, -0.2) is 59.1 Å². The van der Waals surface area contributed by atoms with E-state index in [-0.39, 0.29) is 36.3 Å². The third-order valence-corrected chi connectivity index (χ3v) is 6.50. The van der Waals surface area contributed by atoms with Crippen molar-refractivity contribution in [3.8, 4) is 11.1 Å². The summed E-state index contributed by atoms with van der Waals surface area (Å²) >= 11 is 0. The molecule has 2 aromatic carbocycles. The van der Waals surface area contributed by atoms with E-state index in [1.54, 1.807) is 12.1 Å². The van der Waals surface area contributed by atoms with Gasteiger partial charge in [-0.1, -0.05) is 43.3 Å². The molecule has 0 aliphatic carbocycles. The molecule has 0 unspecified atom stereocenters. The summed E-state index contributed by atoms with van der Waals surface area (Å²) in [5, 5.41) is 10.0. The van der Waals surface area contributed by atoms with Gasteiger partial charge < -0.3 is 10.0 Å². The predicted octanol–water partition coefficient (Wildman–Crippen LogP) is 3.65. The van der Waals surface area contributed by atoms with E-state index < -0.39 is 0 Å². The van der Waals surface area contributed by atoms with Crippen LogP contribution < -0.4 is 0 Å². The number of carbonyl (C=O) groups is 1. The van der Waals surface area contributed by atoms with Crippen molar-refractivity contribution in [3.63, 3.8) is 0 Å². The second-order valence-electron chi connectivity index (χ2n) is 8.11. The van der Waals surface area contributed by atoms with Gasteiger partial charge in [0.15, 0.2) is 0 Å². The number of nitrogens with zero attached hydrogens (tertiary/aromatic N) is 2. The van der Waals surface area contributed by atoms with Crippen molar-refractivity contribution in [1.29, 1.82) is 0 Å². The smallest absolute Gasteiger partial charge is 0.222 e. The van der Waals surface area contributed by atoms with Crippen molar-refractivity contribution in [2.75, 3.05) is 26.2 Å². The zero-order chi connectivity index (χ0) is 20.4. The van der Waals surface area contributed by atoms with E-state index in [9.17, 15) is 14.3 Å². The number of fused-ring (bicyclic) bond motifs is 1. The summed E-state index contributed by atoms with van der Waals surface area (Å²) in [6, 6.07) is 15.3. The minimum atomic E-state index is -0.235. The highest BCUT2D eigenvalue weighted by molar-refractivity contribution is 5.76. The number of amides is 1. The van der Waals surface area contributed by atoms with E-state index in [1.165, 1.54) is 17.7 Å². The SMILES string of the molecule is CCC(=O)N1CCCCN2[C@@H](CO)[C@H](c3ccc(-c4ccc(F)cc4)cc3)[C@@H]2C1. The van der Waals surface area contributed by atoms with Gasteiger partial charge in [0.1, 0.15) is 5.82 Å². The van der Waals surface area contributed by atoms with E-state index in [4.69, 9.17) is 0 Å². The molecular weight excluding hydrogens is 367 g/mol. The van der Waals surface area contributed by atoms with Crippen LogP contribution >= 0.6 is 0 Å². The molecule has 154 valence electrons. The zero-order valence-corrected chi connectivity index (χ0v) is 16.9. The average Bonchev–Trinajstić information content (AvgIpc) is 2.73. The van der Waals surface area contributed by atoms with Gasteiger partial charge in [0.25, 0.3) is 0 Å². The first-order valence-corrected chi connectivity index (χ1v) is 10.6. The number of hydrogen-bond acceptors (Lipinski definition) is 3. The van der Waals surface area contributed by atoms with E-state index in [0.717, 1.165) is 43.6 Å². The van der Waals surface area contributed by atoms with Gasteiger partial charge in [0.05, 0.1) is 6.61 Å². The van der Waals surface area contributed by atoms with Gasteiger partial charge in [-0.05, 0) is 48.2 Å². The van der Waals surface area contributed by atoms with Crippen molar-refractivity contribution in [3.05, 3.63) is 59.9 Å². The summed E-state index contributed by atoms with van der Waals surface area (Å²) in [4.78, 5) is 16.7. The molecule has 2 saturated heterocycles. The van der Waals surface area contributed by atoms with E-state index in [1.807, 2.05) is 11.8 Å². The lowest BCUT2D eigenvalue weighted by atomic mass is 9.74. The van der Waals surface area contributed by atoms with Gasteiger partial charge in [0, 0.05) is 37.5 Å². The van der Waals surface area contributed by atoms with Crippen molar-refractivity contribution in [2.24, 2.45) is 0 Å². The number of aliphatic hydroxyl groups excluding tert-OH is 1. The lowest BCUT2D eigenvalue weighted by Gasteiger charge is -2.57. The molecule has 5 heteroatoms. The number of benzene rings is 2. The molecule has 2 aromatic rings. The quantitative estimate of drug-likeness (QED) is 0.858. The van der Waals surface area contributed by atoms with Gasteiger partial charge in [-0.25, -0.2) is 4.39 Å². The number of halogens is 1. The Bertz CT molecular complexity index is 837. The Morgan fingerprint density at radius 2 is 1.66 bits per heavy atom. The predicted molar refractivity (Wildman–Crippen MR) is 112 cm³/mol. The van der Waals surface area contributed by atoms with E-state index in [2.05, 4.69) is 29.2 Å². The molecule has 4 nitrogen and oxygen atoms in total. The summed E-state index contributed by atoms with van der Waals surface area (Å²) in [6.45, 7) is 4.59. The monoisotopic (exact) mass is 396 g/mol. The molecule has 1 N–H and O–H groups in total. The van der Waals surface area contributed by atoms with Crippen molar-refractivity contribution < 1.29 is 14.3 Å². The van der Waals surface area contributed by atoms with Crippen LogP contribution in [0.4, 0.5) is 4.39 Å². The Balaban J connectivity index is 1.57. The summed E-state index contributed by atoms with van der Waals surface area (Å²) in [5.41, 5.74) is 3.23. The van der Waals surface area contributed by atoms with E-state index in [0.29, 0.717) is 6.42 Å². The number of aliphatic hydroxyl groups is 1. The van der Waals surface area contributed by atoms with Crippen LogP contribution in [0.3, 0.4) is 0 Å². The van der Waals surface area contributed by atoms with E-state index >= 15 is 0 Å². The molecule has 2 fully saturated rings. The molecule has 0 spiro atoms. The molecule has 0 saturated carbocycles. The number of hydrogen-bond donors (Lipinski definition) is 1. The molecule has 1 amide bonds. The van der Waals surface area contributed by atoms with Crippen LogP contribution in [0.5, 0.6) is 0 Å². The maximum Gasteiger partial charge on any atom is 0.222 e. The topological polar surface area (TPSA) is 43.8 Å². The van der Waals surface area contributed by atoms with Gasteiger partial charge in [-0.15, -0.1) is 0 Å². The second-order valence-corrected chi connectivity index (χ2v) is 8.11. The van der Waals surface area contributed by atoms with Gasteiger partial charge in [-0.2, -0.15) is 0 Å². The highest BCUT2D eigenvalue weighted by Crippen LogP contribution is 2.42. The Morgan fingerprint density at radius 1 is 1.03 bits per heavy atom. The minimum absolute atomic E-state index is 0.105. The van der Waals surface area contributed by atoms with Crippen LogP contribution in [0.15, 0.2) is 48.5 Å². The molecule has 2 aliphatic heterocycles. The summed E-state index contributed by atoms with van der Waals surface area (Å²) in [6.07, 6.45) is 2.61. The third kappa shape index (κ3) is 3.94. The molecular formula is C24H29FN2O2. The largest absolute Gasteiger partial charge is 0.395 e. The highest BCUT2D eigenvalue weighted by atomic mass is 19.1. The fourth-order valence-electron chi connectivity index (χ4n) is 4.93. The maximum atomic E-state index is 13.2. The number of carbonyl (C=O) groups excluding carboxylic acids is 1. The number of rotatable bonds is 4. The third-order valence-electron chi connectivity index (χ3n) is 6.50. The van der Waals surface area contributed by atoms with Crippen molar-refractivity contribution in [1.82, 2.24) is 9.80 Å². The molecule has 0 aromatic heterocycles. The first-order chi connectivity index (χ1) is 14.1. The molecule has 0 bridgehead atoms. The zero-order valence-electron chi connectivity index (χ0n) is 16.9. The summed E-state index contributed by atoms with van der Waals surface area (Å²) in [7, 11) is 0. The van der Waals surface area contributed by atoms with Crippen LogP contribution in [0.25, 0.3) is 11.1 Å². The van der Waals surface area contributed by atoms with Gasteiger partial charge >= 0.3 is 0 Å². The summed E-state index contributed by atoms with van der Waals surface area (Å²) < 4.78 is 13.2. The van der Waals surface area contributed by atoms with Crippen molar-refractivity contribution in [2.45, 2.75) is 44.2 Å². The lowest BCUT2D eigenvalue weighted by molar-refractivity contribution is -0.136. The highest BCUT2D eigenvalue weighted by Gasteiger charge is 2.49. The molecule has 4 rings (SSSR count). The standard InChI is InChI=1S/C24H29FN2O2/c1-2-23(29)26-13-3-4-14-27-21(15-26)24(22(27)16-28)19-7-5-17(6-8-19)18-9-11-20(25)12-10-18/h5-12,21-22,24,28H,2-4,13-16H2,1H3/t21-,22-,24+/m0/s1. The first-order valence-electron chi connectivity index (χ1n) is 10.6. The second kappa shape index (κ2) is 8.64. The lowest BCUT2D eigenvalue weighted by Crippen LogP contribution is -2.67. The van der Waals surface area contributed by atoms with Crippen LogP contribution in [-0.2, 0) is 4.79 Å². The average molecular weight is 397 g/mol. The fourth-order valence-corrected chi connectivity index (χ4v) is 4.93. The molecule has 29 heavy (non-hydrogen) atoms. The summed E-state index contributed by atoms with van der Waals surface area (Å²) in [5.74, 6) is 0.193. The molecule has 3 atom stereocenters. The Hall–Kier alpha value is -2.24. The molecule has 0 radical (unpaired) electrons. The Labute approximate surface area is 171 Å². The normalized spacial score (nSPS) is 24.9. The minimum Gasteiger partial charge on any atom is -0.395 e. The van der Waals surface area contributed by atoms with Gasteiger partial charge in [-0.3, -0.25) is 9.69 Å². The fraction of sp³-hybridized carbons (Fsp3) is 0.458. The van der Waals surface area contributed by atoms with Crippen molar-refractivity contribution >= 4 is 5.91 Å².